The second kappa shape index (κ2) is 7.45. The van der Waals surface area contributed by atoms with Crippen molar-refractivity contribution < 1.29 is 19.1 Å². The lowest BCUT2D eigenvalue weighted by molar-refractivity contribution is -0.139. The van der Waals surface area contributed by atoms with Gasteiger partial charge >= 0.3 is 12.1 Å². The van der Waals surface area contributed by atoms with E-state index in [0.717, 1.165) is 15.6 Å². The molecule has 6 heteroatoms. The smallest absolute Gasteiger partial charge is 0.407 e. The predicted molar refractivity (Wildman–Crippen MR) is 82.9 cm³/mol. The molecular weight excluding hydrogens is 338 g/mol. The first-order valence-corrected chi connectivity index (χ1v) is 7.31. The molecule has 0 aliphatic heterocycles. The number of methoxy groups -OCH3 is 1. The molecule has 0 unspecified atom stereocenters. The molecule has 1 aromatic carbocycles. The number of hydrogen-bond donors (Lipinski definition) is 1. The van der Waals surface area contributed by atoms with Crippen LogP contribution in [0, 0.1) is 0 Å². The predicted octanol–water partition coefficient (Wildman–Crippen LogP) is 3.19. The third-order valence-corrected chi connectivity index (χ3v) is 3.25. The Kier molecular flexibility index (Phi) is 6.20. The van der Waals surface area contributed by atoms with Gasteiger partial charge in [0.1, 0.15) is 5.60 Å². The fourth-order valence-corrected chi connectivity index (χ4v) is 2.13. The van der Waals surface area contributed by atoms with E-state index in [2.05, 4.69) is 26.0 Å². The van der Waals surface area contributed by atoms with Crippen LogP contribution in [0.25, 0.3) is 0 Å². The molecule has 0 saturated heterocycles. The molecule has 0 atom stereocenters. The Morgan fingerprint density at radius 1 is 1.29 bits per heavy atom. The van der Waals surface area contributed by atoms with E-state index in [9.17, 15) is 9.59 Å². The Hall–Kier alpha value is -1.56. The minimum atomic E-state index is -0.519. The molecular formula is C15H20BrNO4. The largest absolute Gasteiger partial charge is 0.469 e. The number of hydrogen-bond acceptors (Lipinski definition) is 4. The van der Waals surface area contributed by atoms with Crippen molar-refractivity contribution in [3.8, 4) is 0 Å². The number of nitrogens with one attached hydrogen (secondary N) is 1. The quantitative estimate of drug-likeness (QED) is 0.840. The van der Waals surface area contributed by atoms with Crippen LogP contribution >= 0.6 is 15.9 Å². The Morgan fingerprint density at radius 3 is 2.48 bits per heavy atom. The summed E-state index contributed by atoms with van der Waals surface area (Å²) in [7, 11) is 1.36. The molecule has 1 N–H and O–H groups in total. The number of halogens is 1. The summed E-state index contributed by atoms with van der Waals surface area (Å²) in [6.07, 6.45) is -0.256. The van der Waals surface area contributed by atoms with Gasteiger partial charge in [-0.1, -0.05) is 28.1 Å². The lowest BCUT2D eigenvalue weighted by Crippen LogP contribution is -2.32. The molecule has 0 aliphatic rings. The van der Waals surface area contributed by atoms with Crippen LogP contribution in [0.2, 0.25) is 0 Å². The Balaban J connectivity index is 2.60. The molecule has 0 fully saturated rings. The average Bonchev–Trinajstić information content (AvgIpc) is 2.37. The summed E-state index contributed by atoms with van der Waals surface area (Å²) in [5.74, 6) is -0.296. The lowest BCUT2D eigenvalue weighted by Gasteiger charge is -2.19. The maximum Gasteiger partial charge on any atom is 0.407 e. The van der Waals surface area contributed by atoms with Crippen molar-refractivity contribution >= 4 is 28.0 Å². The van der Waals surface area contributed by atoms with Gasteiger partial charge in [-0.25, -0.2) is 4.79 Å². The van der Waals surface area contributed by atoms with Gasteiger partial charge in [0.05, 0.1) is 13.5 Å². The van der Waals surface area contributed by atoms with E-state index in [-0.39, 0.29) is 12.4 Å². The molecule has 1 aromatic rings. The van der Waals surface area contributed by atoms with Crippen molar-refractivity contribution in [3.05, 3.63) is 33.8 Å². The average molecular weight is 358 g/mol. The summed E-state index contributed by atoms with van der Waals surface area (Å²) in [5, 5.41) is 2.68. The highest BCUT2D eigenvalue weighted by Crippen LogP contribution is 2.19. The van der Waals surface area contributed by atoms with Crippen LogP contribution < -0.4 is 5.32 Å². The molecule has 0 aliphatic carbocycles. The zero-order chi connectivity index (χ0) is 16.0. The van der Waals surface area contributed by atoms with Gasteiger partial charge in [0, 0.05) is 11.0 Å². The Bertz CT molecular complexity index is 523. The molecule has 0 heterocycles. The highest BCUT2D eigenvalue weighted by atomic mass is 79.9. The van der Waals surface area contributed by atoms with E-state index in [1.807, 2.05) is 39.0 Å². The Labute approximate surface area is 133 Å². The maximum atomic E-state index is 11.6. The molecule has 21 heavy (non-hydrogen) atoms. The van der Waals surface area contributed by atoms with Crippen LogP contribution in [0.4, 0.5) is 4.79 Å². The fourth-order valence-electron chi connectivity index (χ4n) is 1.56. The van der Waals surface area contributed by atoms with Gasteiger partial charge in [0.2, 0.25) is 0 Å². The molecule has 0 radical (unpaired) electrons. The van der Waals surface area contributed by atoms with Gasteiger partial charge in [-0.05, 0) is 38.0 Å². The molecule has 1 rings (SSSR count). The van der Waals surface area contributed by atoms with Crippen LogP contribution in [0.5, 0.6) is 0 Å². The summed E-state index contributed by atoms with van der Waals surface area (Å²) in [6.45, 7) is 5.78. The summed E-state index contributed by atoms with van der Waals surface area (Å²) in [4.78, 5) is 22.8. The van der Waals surface area contributed by atoms with Crippen LogP contribution in [0.1, 0.15) is 31.9 Å². The first-order chi connectivity index (χ1) is 9.71. The first-order valence-electron chi connectivity index (χ1n) is 6.52. The highest BCUT2D eigenvalue weighted by Gasteiger charge is 2.15. The van der Waals surface area contributed by atoms with Crippen molar-refractivity contribution in [3.63, 3.8) is 0 Å². The van der Waals surface area contributed by atoms with Crippen LogP contribution in [-0.2, 0) is 27.2 Å². The molecule has 116 valence electrons. The van der Waals surface area contributed by atoms with Gasteiger partial charge in [-0.15, -0.1) is 0 Å². The maximum absolute atomic E-state index is 11.6. The number of rotatable bonds is 4. The fraction of sp³-hybridized carbons (Fsp3) is 0.467. The number of carbonyl (C=O) groups is 2. The standard InChI is InChI=1S/C15H20BrNO4/c1-15(2,3)21-14(19)17-9-10-5-6-11(12(16)7-10)8-13(18)20-4/h5-7H,8-9H2,1-4H3,(H,17,19). The van der Waals surface area contributed by atoms with E-state index >= 15 is 0 Å². The normalized spacial score (nSPS) is 10.9. The molecule has 0 aromatic heterocycles. The van der Waals surface area contributed by atoms with Crippen LogP contribution in [0.15, 0.2) is 22.7 Å². The van der Waals surface area contributed by atoms with E-state index in [0.29, 0.717) is 6.54 Å². The van der Waals surface area contributed by atoms with Gasteiger partial charge in [-0.3, -0.25) is 4.79 Å². The zero-order valence-electron chi connectivity index (χ0n) is 12.7. The molecule has 0 saturated carbocycles. The van der Waals surface area contributed by atoms with Crippen molar-refractivity contribution in [2.75, 3.05) is 7.11 Å². The number of amides is 1. The van der Waals surface area contributed by atoms with E-state index in [4.69, 9.17) is 4.74 Å². The monoisotopic (exact) mass is 357 g/mol. The Morgan fingerprint density at radius 2 is 1.95 bits per heavy atom. The van der Waals surface area contributed by atoms with Gasteiger partial charge < -0.3 is 14.8 Å². The number of benzene rings is 1. The van der Waals surface area contributed by atoms with Crippen molar-refractivity contribution in [2.45, 2.75) is 39.3 Å². The first kappa shape index (κ1) is 17.5. The zero-order valence-corrected chi connectivity index (χ0v) is 14.2. The van der Waals surface area contributed by atoms with Gasteiger partial charge in [0.15, 0.2) is 0 Å². The van der Waals surface area contributed by atoms with Crippen LogP contribution in [0.3, 0.4) is 0 Å². The number of esters is 1. The summed E-state index contributed by atoms with van der Waals surface area (Å²) in [5.41, 5.74) is 1.22. The summed E-state index contributed by atoms with van der Waals surface area (Å²) < 4.78 is 10.6. The second-order valence-corrected chi connectivity index (χ2v) is 6.39. The molecule has 0 bridgehead atoms. The topological polar surface area (TPSA) is 64.6 Å². The number of alkyl carbamates (subject to hydrolysis) is 1. The number of carbonyl (C=O) groups excluding carboxylic acids is 2. The molecule has 0 spiro atoms. The van der Waals surface area contributed by atoms with Crippen molar-refractivity contribution in [2.24, 2.45) is 0 Å². The van der Waals surface area contributed by atoms with Gasteiger partial charge in [0.25, 0.3) is 0 Å². The molecule has 1 amide bonds. The number of ether oxygens (including phenoxy) is 2. The SMILES string of the molecule is COC(=O)Cc1ccc(CNC(=O)OC(C)(C)C)cc1Br. The second-order valence-electron chi connectivity index (χ2n) is 5.53. The van der Waals surface area contributed by atoms with Crippen LogP contribution in [-0.4, -0.2) is 24.8 Å². The highest BCUT2D eigenvalue weighted by molar-refractivity contribution is 9.10. The minimum absolute atomic E-state index is 0.205. The van der Waals surface area contributed by atoms with E-state index < -0.39 is 11.7 Å². The van der Waals surface area contributed by atoms with Gasteiger partial charge in [-0.2, -0.15) is 0 Å². The summed E-state index contributed by atoms with van der Waals surface area (Å²) >= 11 is 3.41. The molecule has 5 nitrogen and oxygen atoms in total. The third-order valence-electron chi connectivity index (χ3n) is 2.52. The third kappa shape index (κ3) is 6.62. The minimum Gasteiger partial charge on any atom is -0.469 e. The van der Waals surface area contributed by atoms with E-state index in [1.165, 1.54) is 7.11 Å². The lowest BCUT2D eigenvalue weighted by atomic mass is 10.1. The van der Waals surface area contributed by atoms with Crippen molar-refractivity contribution in [1.82, 2.24) is 5.32 Å². The van der Waals surface area contributed by atoms with Crippen molar-refractivity contribution in [1.29, 1.82) is 0 Å². The van der Waals surface area contributed by atoms with E-state index in [1.54, 1.807) is 0 Å². The summed E-state index contributed by atoms with van der Waals surface area (Å²) in [6, 6.07) is 5.53.